The summed E-state index contributed by atoms with van der Waals surface area (Å²) < 4.78 is 5.95. The molecule has 0 aliphatic rings. The minimum Gasteiger partial charge on any atom is -0.486 e. The van der Waals surface area contributed by atoms with Crippen molar-refractivity contribution in [2.75, 3.05) is 6.61 Å². The van der Waals surface area contributed by atoms with Crippen molar-refractivity contribution in [2.24, 2.45) is 10.9 Å². The molecule has 0 aliphatic heterocycles. The van der Waals surface area contributed by atoms with Crippen LogP contribution >= 0.6 is 15.9 Å². The number of nitro groups is 1. The van der Waals surface area contributed by atoms with E-state index in [1.165, 1.54) is 6.07 Å². The highest BCUT2D eigenvalue weighted by molar-refractivity contribution is 9.10. The lowest BCUT2D eigenvalue weighted by Gasteiger charge is -2.08. The maximum absolute atomic E-state index is 10.8. The normalized spacial score (nSPS) is 11.3. The number of hydrogen-bond donors (Lipinski definition) is 2. The zero-order chi connectivity index (χ0) is 14.3. The summed E-state index contributed by atoms with van der Waals surface area (Å²) in [5, 5.41) is 22.0. The molecule has 104 valence electrons. The van der Waals surface area contributed by atoms with E-state index in [0.717, 1.165) is 0 Å². The van der Waals surface area contributed by atoms with Crippen molar-refractivity contribution in [3.05, 3.63) is 32.8 Å². The van der Waals surface area contributed by atoms with Gasteiger partial charge in [-0.25, -0.2) is 0 Å². The summed E-state index contributed by atoms with van der Waals surface area (Å²) >= 11 is 3.22. The molecule has 0 saturated heterocycles. The molecule has 0 atom stereocenters. The van der Waals surface area contributed by atoms with E-state index in [-0.39, 0.29) is 17.3 Å². The number of ether oxygens (including phenoxy) is 1. The van der Waals surface area contributed by atoms with Crippen LogP contribution in [-0.2, 0) is 0 Å². The van der Waals surface area contributed by atoms with Crippen LogP contribution in [0.2, 0.25) is 0 Å². The maximum Gasteiger partial charge on any atom is 0.312 e. The Kier molecular flexibility index (Phi) is 6.07. The monoisotopic (exact) mass is 331 g/mol. The van der Waals surface area contributed by atoms with Gasteiger partial charge in [0.25, 0.3) is 0 Å². The van der Waals surface area contributed by atoms with Gasteiger partial charge in [-0.3, -0.25) is 10.1 Å². The number of hydrogen-bond acceptors (Lipinski definition) is 5. The van der Waals surface area contributed by atoms with Crippen LogP contribution in [0.3, 0.4) is 0 Å². The Morgan fingerprint density at radius 3 is 2.89 bits per heavy atom. The van der Waals surface area contributed by atoms with Gasteiger partial charge in [0, 0.05) is 12.5 Å². The first kappa shape index (κ1) is 15.2. The summed E-state index contributed by atoms with van der Waals surface area (Å²) in [6.07, 6.45) is 1.78. The first-order valence-corrected chi connectivity index (χ1v) is 6.37. The smallest absolute Gasteiger partial charge is 0.312 e. The van der Waals surface area contributed by atoms with Gasteiger partial charge in [-0.1, -0.05) is 11.2 Å². The number of rotatable bonds is 7. The third kappa shape index (κ3) is 4.74. The Bertz CT molecular complexity index is 479. The van der Waals surface area contributed by atoms with E-state index in [2.05, 4.69) is 21.1 Å². The molecule has 8 heteroatoms. The molecule has 1 aromatic carbocycles. The molecule has 0 unspecified atom stereocenters. The van der Waals surface area contributed by atoms with E-state index in [1.807, 2.05) is 0 Å². The highest BCUT2D eigenvalue weighted by Gasteiger charge is 2.17. The van der Waals surface area contributed by atoms with Crippen molar-refractivity contribution in [3.8, 4) is 5.75 Å². The molecule has 0 fully saturated rings. The van der Waals surface area contributed by atoms with Crippen molar-refractivity contribution in [2.45, 2.75) is 19.3 Å². The number of benzene rings is 1. The first-order valence-electron chi connectivity index (χ1n) is 5.58. The fraction of sp³-hybridized carbons (Fsp3) is 0.364. The van der Waals surface area contributed by atoms with Crippen LogP contribution in [0.5, 0.6) is 5.75 Å². The van der Waals surface area contributed by atoms with E-state index in [9.17, 15) is 10.1 Å². The lowest BCUT2D eigenvalue weighted by Crippen LogP contribution is -2.11. The standard InChI is InChI=1S/C11H14BrN3O4/c12-8-4-3-5-9(15(17)18)11(8)19-7-2-1-6-10(13)14-16/h3-5,16H,1-2,6-7H2,(H2,13,14). The second-order valence-electron chi connectivity index (χ2n) is 3.74. The number of nitro benzene ring substituents is 1. The van der Waals surface area contributed by atoms with E-state index in [4.69, 9.17) is 15.7 Å². The van der Waals surface area contributed by atoms with E-state index < -0.39 is 4.92 Å². The Labute approximate surface area is 118 Å². The molecule has 0 bridgehead atoms. The van der Waals surface area contributed by atoms with Crippen LogP contribution in [0.25, 0.3) is 0 Å². The summed E-state index contributed by atoms with van der Waals surface area (Å²) in [7, 11) is 0. The van der Waals surface area contributed by atoms with E-state index >= 15 is 0 Å². The highest BCUT2D eigenvalue weighted by atomic mass is 79.9. The number of unbranched alkanes of at least 4 members (excludes halogenated alkanes) is 1. The topological polar surface area (TPSA) is 111 Å². The molecule has 0 aliphatic carbocycles. The van der Waals surface area contributed by atoms with Crippen LogP contribution < -0.4 is 10.5 Å². The van der Waals surface area contributed by atoms with Crippen molar-refractivity contribution >= 4 is 27.5 Å². The molecule has 0 heterocycles. The van der Waals surface area contributed by atoms with Crippen LogP contribution in [0.1, 0.15) is 19.3 Å². The second-order valence-corrected chi connectivity index (χ2v) is 4.60. The fourth-order valence-corrected chi connectivity index (χ4v) is 1.89. The van der Waals surface area contributed by atoms with Gasteiger partial charge in [-0.2, -0.15) is 0 Å². The number of nitrogens with zero attached hydrogens (tertiary/aromatic N) is 2. The van der Waals surface area contributed by atoms with Crippen molar-refractivity contribution in [1.29, 1.82) is 0 Å². The molecule has 19 heavy (non-hydrogen) atoms. The predicted molar refractivity (Wildman–Crippen MR) is 73.6 cm³/mol. The number of nitrogens with two attached hydrogens (primary N) is 1. The van der Waals surface area contributed by atoms with Gasteiger partial charge >= 0.3 is 5.69 Å². The number of para-hydroxylation sites is 1. The average molecular weight is 332 g/mol. The molecule has 0 radical (unpaired) electrons. The molecule has 7 nitrogen and oxygen atoms in total. The Morgan fingerprint density at radius 2 is 2.26 bits per heavy atom. The van der Waals surface area contributed by atoms with Crippen molar-refractivity contribution in [3.63, 3.8) is 0 Å². The van der Waals surface area contributed by atoms with Gasteiger partial charge < -0.3 is 15.7 Å². The summed E-state index contributed by atoms with van der Waals surface area (Å²) in [4.78, 5) is 10.3. The molecule has 0 aromatic heterocycles. The lowest BCUT2D eigenvalue weighted by molar-refractivity contribution is -0.386. The Balaban J connectivity index is 2.51. The van der Waals surface area contributed by atoms with E-state index in [1.54, 1.807) is 12.1 Å². The van der Waals surface area contributed by atoms with E-state index in [0.29, 0.717) is 30.3 Å². The number of amidine groups is 1. The molecule has 0 amide bonds. The lowest BCUT2D eigenvalue weighted by atomic mass is 10.2. The number of oxime groups is 1. The fourth-order valence-electron chi connectivity index (χ4n) is 1.42. The quantitative estimate of drug-likeness (QED) is 0.199. The second kappa shape index (κ2) is 7.57. The average Bonchev–Trinajstić information content (AvgIpc) is 2.39. The molecular weight excluding hydrogens is 318 g/mol. The zero-order valence-electron chi connectivity index (χ0n) is 10.1. The molecule has 1 aromatic rings. The van der Waals surface area contributed by atoms with Gasteiger partial charge in [0.15, 0.2) is 0 Å². The zero-order valence-corrected chi connectivity index (χ0v) is 11.7. The molecule has 1 rings (SSSR count). The van der Waals surface area contributed by atoms with Crippen LogP contribution in [0, 0.1) is 10.1 Å². The van der Waals surface area contributed by atoms with Gasteiger partial charge in [0.05, 0.1) is 16.0 Å². The van der Waals surface area contributed by atoms with Crippen LogP contribution in [0.15, 0.2) is 27.8 Å². The highest BCUT2D eigenvalue weighted by Crippen LogP contribution is 2.34. The summed E-state index contributed by atoms with van der Waals surface area (Å²) in [5.41, 5.74) is 5.24. The largest absolute Gasteiger partial charge is 0.486 e. The molecular formula is C11H14BrN3O4. The minimum absolute atomic E-state index is 0.0780. The molecule has 0 saturated carbocycles. The molecule has 0 spiro atoms. The Hall–Kier alpha value is -1.83. The third-order valence-electron chi connectivity index (χ3n) is 2.34. The van der Waals surface area contributed by atoms with Crippen molar-refractivity contribution < 1.29 is 14.9 Å². The summed E-state index contributed by atoms with van der Waals surface area (Å²) in [6.45, 7) is 0.322. The van der Waals surface area contributed by atoms with Gasteiger partial charge in [0.1, 0.15) is 5.84 Å². The van der Waals surface area contributed by atoms with Crippen molar-refractivity contribution in [1.82, 2.24) is 0 Å². The maximum atomic E-state index is 10.8. The number of halogens is 1. The van der Waals surface area contributed by atoms with Gasteiger partial charge in [0.2, 0.25) is 5.75 Å². The van der Waals surface area contributed by atoms with Crippen LogP contribution in [-0.4, -0.2) is 22.6 Å². The van der Waals surface area contributed by atoms with Crippen LogP contribution in [0.4, 0.5) is 5.69 Å². The SMILES string of the molecule is N/C(CCCCOc1c(Br)cccc1[N+](=O)[O-])=N/O. The first-order chi connectivity index (χ1) is 9.06. The molecule has 3 N–H and O–H groups in total. The Morgan fingerprint density at radius 1 is 1.53 bits per heavy atom. The van der Waals surface area contributed by atoms with Gasteiger partial charge in [-0.15, -0.1) is 0 Å². The summed E-state index contributed by atoms with van der Waals surface area (Å²) in [5.74, 6) is 0.378. The predicted octanol–water partition coefficient (Wildman–Crippen LogP) is 2.65. The minimum atomic E-state index is -0.490. The third-order valence-corrected chi connectivity index (χ3v) is 2.97. The van der Waals surface area contributed by atoms with Gasteiger partial charge in [-0.05, 0) is 34.8 Å². The summed E-state index contributed by atoms with van der Waals surface area (Å²) in [6, 6.07) is 4.64.